The third-order valence-corrected chi connectivity index (χ3v) is 3.51. The molecule has 0 aliphatic rings. The molecule has 0 aromatic heterocycles. The number of benzene rings is 2. The molecule has 132 valence electrons. The normalized spacial score (nSPS) is 11.4. The summed E-state index contributed by atoms with van der Waals surface area (Å²) < 4.78 is 10.7. The largest absolute Gasteiger partial charge is 0.497 e. The van der Waals surface area contributed by atoms with E-state index in [1.807, 2.05) is 0 Å². The fourth-order valence-corrected chi connectivity index (χ4v) is 2.27. The Bertz CT molecular complexity index is 731. The van der Waals surface area contributed by atoms with Crippen LogP contribution in [0.4, 0.5) is 5.69 Å². The van der Waals surface area contributed by atoms with Crippen molar-refractivity contribution in [2.45, 2.75) is 19.4 Å². The van der Waals surface area contributed by atoms with E-state index in [0.717, 1.165) is 5.75 Å². The van der Waals surface area contributed by atoms with E-state index in [-0.39, 0.29) is 30.7 Å². The lowest BCUT2D eigenvalue weighted by atomic mass is 10.1. The molecule has 0 heterocycles. The Balaban J connectivity index is 1.84. The van der Waals surface area contributed by atoms with E-state index < -0.39 is 4.92 Å². The van der Waals surface area contributed by atoms with E-state index in [1.54, 1.807) is 56.5 Å². The number of carbonyl (C=O) groups excluding carboxylic acids is 1. The Labute approximate surface area is 145 Å². The minimum absolute atomic E-state index is 0.0516. The van der Waals surface area contributed by atoms with Gasteiger partial charge in [0.25, 0.3) is 5.69 Å². The van der Waals surface area contributed by atoms with E-state index >= 15 is 0 Å². The van der Waals surface area contributed by atoms with Crippen molar-refractivity contribution in [2.24, 2.45) is 0 Å². The molecule has 0 aliphatic carbocycles. The highest BCUT2D eigenvalue weighted by Gasteiger charge is 2.16. The van der Waals surface area contributed by atoms with Crippen LogP contribution < -0.4 is 14.8 Å². The van der Waals surface area contributed by atoms with Gasteiger partial charge in [-0.05, 0) is 31.2 Å². The van der Waals surface area contributed by atoms with Gasteiger partial charge in [-0.2, -0.15) is 0 Å². The summed E-state index contributed by atoms with van der Waals surface area (Å²) in [5.41, 5.74) is 0.327. The Hall–Kier alpha value is -3.09. The molecule has 2 aromatic rings. The summed E-state index contributed by atoms with van der Waals surface area (Å²) in [7, 11) is 1.59. The van der Waals surface area contributed by atoms with Crippen LogP contribution in [0.15, 0.2) is 48.5 Å². The number of nitrogens with one attached hydrogen (secondary N) is 1. The number of carbonyl (C=O) groups is 1. The van der Waals surface area contributed by atoms with Gasteiger partial charge < -0.3 is 14.8 Å². The zero-order chi connectivity index (χ0) is 18.2. The summed E-state index contributed by atoms with van der Waals surface area (Å²) in [4.78, 5) is 22.6. The minimum atomic E-state index is -0.487. The van der Waals surface area contributed by atoms with Crippen molar-refractivity contribution in [2.75, 3.05) is 13.7 Å². The highest BCUT2D eigenvalue weighted by molar-refractivity contribution is 5.80. The maximum absolute atomic E-state index is 12.1. The van der Waals surface area contributed by atoms with Crippen LogP contribution >= 0.6 is 0 Å². The SMILES string of the molecule is COc1ccc(OC[C@@H](C)NC(=O)Cc2ccccc2[N+](=O)[O-])cc1. The van der Waals surface area contributed by atoms with Crippen molar-refractivity contribution in [3.05, 3.63) is 64.2 Å². The lowest BCUT2D eigenvalue weighted by Gasteiger charge is -2.15. The van der Waals surface area contributed by atoms with Gasteiger partial charge in [-0.15, -0.1) is 0 Å². The average molecular weight is 344 g/mol. The Morgan fingerprint density at radius 3 is 2.44 bits per heavy atom. The summed E-state index contributed by atoms with van der Waals surface area (Å²) in [5.74, 6) is 1.11. The van der Waals surface area contributed by atoms with Gasteiger partial charge in [0.2, 0.25) is 5.91 Å². The molecule has 1 atom stereocenters. The van der Waals surface area contributed by atoms with Gasteiger partial charge in [-0.25, -0.2) is 0 Å². The molecule has 1 amide bonds. The molecule has 0 fully saturated rings. The molecule has 25 heavy (non-hydrogen) atoms. The summed E-state index contributed by atoms with van der Waals surface area (Å²) in [6, 6.07) is 13.1. The first kappa shape index (κ1) is 18.3. The molecule has 0 unspecified atom stereocenters. The molecule has 0 bridgehead atoms. The summed E-state index contributed by atoms with van der Waals surface area (Å²) >= 11 is 0. The quantitative estimate of drug-likeness (QED) is 0.587. The zero-order valence-electron chi connectivity index (χ0n) is 14.1. The summed E-state index contributed by atoms with van der Waals surface area (Å²) in [6.45, 7) is 2.09. The van der Waals surface area contributed by atoms with E-state index in [2.05, 4.69) is 5.32 Å². The number of para-hydroxylation sites is 1. The highest BCUT2D eigenvalue weighted by Crippen LogP contribution is 2.18. The maximum atomic E-state index is 12.1. The van der Waals surface area contributed by atoms with Crippen LogP contribution in [-0.2, 0) is 11.2 Å². The second kappa shape index (κ2) is 8.68. The van der Waals surface area contributed by atoms with Gasteiger partial charge in [0, 0.05) is 11.6 Å². The third-order valence-electron chi connectivity index (χ3n) is 3.51. The number of amides is 1. The molecule has 0 saturated carbocycles. The fourth-order valence-electron chi connectivity index (χ4n) is 2.27. The molecular weight excluding hydrogens is 324 g/mol. The van der Waals surface area contributed by atoms with Crippen LogP contribution in [0.25, 0.3) is 0 Å². The molecule has 0 spiro atoms. The van der Waals surface area contributed by atoms with Crippen molar-refractivity contribution in [3.8, 4) is 11.5 Å². The molecule has 7 heteroatoms. The number of ether oxygens (including phenoxy) is 2. The third kappa shape index (κ3) is 5.49. The molecule has 2 rings (SSSR count). The predicted molar refractivity (Wildman–Crippen MR) is 92.9 cm³/mol. The average Bonchev–Trinajstić information content (AvgIpc) is 2.60. The van der Waals surface area contributed by atoms with Crippen molar-refractivity contribution >= 4 is 11.6 Å². The van der Waals surface area contributed by atoms with Gasteiger partial charge in [0.15, 0.2) is 0 Å². The highest BCUT2D eigenvalue weighted by atomic mass is 16.6. The molecule has 0 aliphatic heterocycles. The number of nitro groups is 1. The van der Waals surface area contributed by atoms with E-state index in [0.29, 0.717) is 11.3 Å². The molecule has 1 N–H and O–H groups in total. The van der Waals surface area contributed by atoms with Crippen LogP contribution in [0, 0.1) is 10.1 Å². The summed E-state index contributed by atoms with van der Waals surface area (Å²) in [5, 5.41) is 13.8. The minimum Gasteiger partial charge on any atom is -0.497 e. The van der Waals surface area contributed by atoms with Gasteiger partial charge in [-0.3, -0.25) is 14.9 Å². The molecule has 2 aromatic carbocycles. The Morgan fingerprint density at radius 2 is 1.80 bits per heavy atom. The van der Waals surface area contributed by atoms with Gasteiger partial charge >= 0.3 is 0 Å². The number of nitro benzene ring substituents is 1. The molecule has 0 radical (unpaired) electrons. The Morgan fingerprint density at radius 1 is 1.16 bits per heavy atom. The lowest BCUT2D eigenvalue weighted by molar-refractivity contribution is -0.385. The van der Waals surface area contributed by atoms with Gasteiger partial charge in [-0.1, -0.05) is 18.2 Å². The number of rotatable bonds is 8. The number of hydrogen-bond donors (Lipinski definition) is 1. The van der Waals surface area contributed by atoms with Gasteiger partial charge in [0.1, 0.15) is 18.1 Å². The van der Waals surface area contributed by atoms with Crippen molar-refractivity contribution < 1.29 is 19.2 Å². The molecular formula is C18H20N2O5. The number of methoxy groups -OCH3 is 1. The zero-order valence-corrected chi connectivity index (χ0v) is 14.1. The first-order valence-electron chi connectivity index (χ1n) is 7.78. The Kier molecular flexibility index (Phi) is 6.33. The number of hydrogen-bond acceptors (Lipinski definition) is 5. The molecule has 0 saturated heterocycles. The van der Waals surface area contributed by atoms with Crippen LogP contribution in [0.2, 0.25) is 0 Å². The van der Waals surface area contributed by atoms with Crippen LogP contribution in [0.1, 0.15) is 12.5 Å². The standard InChI is InChI=1S/C18H20N2O5/c1-13(12-25-16-9-7-15(24-2)8-10-16)19-18(21)11-14-5-3-4-6-17(14)20(22)23/h3-10,13H,11-12H2,1-2H3,(H,19,21)/t13-/m1/s1. The van der Waals surface area contributed by atoms with E-state index in [1.165, 1.54) is 6.07 Å². The molecule has 7 nitrogen and oxygen atoms in total. The predicted octanol–water partition coefficient (Wildman–Crippen LogP) is 2.73. The van der Waals surface area contributed by atoms with Crippen molar-refractivity contribution in [3.63, 3.8) is 0 Å². The fraction of sp³-hybridized carbons (Fsp3) is 0.278. The lowest BCUT2D eigenvalue weighted by Crippen LogP contribution is -2.37. The maximum Gasteiger partial charge on any atom is 0.273 e. The van der Waals surface area contributed by atoms with Crippen LogP contribution in [0.5, 0.6) is 11.5 Å². The van der Waals surface area contributed by atoms with Crippen molar-refractivity contribution in [1.29, 1.82) is 0 Å². The first-order chi connectivity index (χ1) is 12.0. The second-order valence-corrected chi connectivity index (χ2v) is 5.52. The topological polar surface area (TPSA) is 90.7 Å². The van der Waals surface area contributed by atoms with Crippen LogP contribution in [-0.4, -0.2) is 30.6 Å². The van der Waals surface area contributed by atoms with Crippen LogP contribution in [0.3, 0.4) is 0 Å². The van der Waals surface area contributed by atoms with E-state index in [9.17, 15) is 14.9 Å². The monoisotopic (exact) mass is 344 g/mol. The number of nitrogens with zero attached hydrogens (tertiary/aromatic N) is 1. The summed E-state index contributed by atoms with van der Waals surface area (Å²) in [6.07, 6.45) is -0.0516. The first-order valence-corrected chi connectivity index (χ1v) is 7.78. The van der Waals surface area contributed by atoms with Gasteiger partial charge in [0.05, 0.1) is 24.5 Å². The van der Waals surface area contributed by atoms with Crippen molar-refractivity contribution in [1.82, 2.24) is 5.32 Å². The van der Waals surface area contributed by atoms with E-state index in [4.69, 9.17) is 9.47 Å². The smallest absolute Gasteiger partial charge is 0.273 e. The second-order valence-electron chi connectivity index (χ2n) is 5.52.